The Bertz CT molecular complexity index is 539. The molecule has 0 aliphatic rings. The molecule has 0 aliphatic carbocycles. The molecular weight excluding hydrogens is 239 g/mol. The largest absolute Gasteiger partial charge is 0.273 e. The van der Waals surface area contributed by atoms with E-state index in [1.807, 2.05) is 13.1 Å². The van der Waals surface area contributed by atoms with E-state index in [-0.39, 0.29) is 5.82 Å². The number of aromatic nitrogens is 2. The smallest absolute Gasteiger partial charge is 0.124 e. The lowest BCUT2D eigenvalue weighted by Gasteiger charge is -2.03. The van der Waals surface area contributed by atoms with Crippen molar-refractivity contribution in [2.24, 2.45) is 7.05 Å². The monoisotopic (exact) mass is 252 g/mol. The third-order valence-electron chi connectivity index (χ3n) is 2.53. The van der Waals surface area contributed by atoms with Gasteiger partial charge in [-0.15, -0.1) is 0 Å². The molecule has 0 bridgehead atoms. The van der Waals surface area contributed by atoms with Gasteiger partial charge in [0.1, 0.15) is 5.82 Å². The van der Waals surface area contributed by atoms with Gasteiger partial charge in [-0.2, -0.15) is 5.10 Å². The molecule has 17 heavy (non-hydrogen) atoms. The van der Waals surface area contributed by atoms with Crippen LogP contribution in [0.4, 0.5) is 4.39 Å². The molecule has 0 saturated heterocycles. The highest BCUT2D eigenvalue weighted by molar-refractivity contribution is 7.85. The molecule has 0 aliphatic heterocycles. The number of rotatable bonds is 4. The molecule has 90 valence electrons. The van der Waals surface area contributed by atoms with Crippen molar-refractivity contribution in [3.8, 4) is 0 Å². The second kappa shape index (κ2) is 5.23. The third kappa shape index (κ3) is 3.00. The first-order valence-corrected chi connectivity index (χ1v) is 6.59. The molecule has 1 atom stereocenters. The van der Waals surface area contributed by atoms with Crippen molar-refractivity contribution in [3.63, 3.8) is 0 Å². The number of aryl methyl sites for hydroxylation is 2. The lowest BCUT2D eigenvalue weighted by atomic mass is 10.3. The van der Waals surface area contributed by atoms with Gasteiger partial charge >= 0.3 is 0 Å². The first kappa shape index (κ1) is 12.0. The minimum Gasteiger partial charge on any atom is -0.273 e. The van der Waals surface area contributed by atoms with E-state index in [0.29, 0.717) is 17.1 Å². The molecule has 1 unspecified atom stereocenters. The van der Waals surface area contributed by atoms with Crippen molar-refractivity contribution in [1.82, 2.24) is 9.78 Å². The van der Waals surface area contributed by atoms with Gasteiger partial charge in [-0.05, 0) is 24.3 Å². The molecule has 0 amide bonds. The van der Waals surface area contributed by atoms with Gasteiger partial charge in [-0.3, -0.25) is 8.89 Å². The van der Waals surface area contributed by atoms with Crippen LogP contribution in [-0.2, 0) is 24.3 Å². The molecule has 2 aromatic rings. The van der Waals surface area contributed by atoms with Crippen LogP contribution >= 0.6 is 0 Å². The van der Waals surface area contributed by atoms with E-state index in [4.69, 9.17) is 0 Å². The van der Waals surface area contributed by atoms with Crippen LogP contribution in [0.15, 0.2) is 41.4 Å². The van der Waals surface area contributed by atoms with E-state index < -0.39 is 10.8 Å². The van der Waals surface area contributed by atoms with Gasteiger partial charge in [-0.25, -0.2) is 4.39 Å². The van der Waals surface area contributed by atoms with Crippen molar-refractivity contribution >= 4 is 10.8 Å². The Morgan fingerprint density at radius 2 is 2.24 bits per heavy atom. The predicted molar refractivity (Wildman–Crippen MR) is 64.6 cm³/mol. The lowest BCUT2D eigenvalue weighted by molar-refractivity contribution is 0.622. The van der Waals surface area contributed by atoms with E-state index in [1.54, 1.807) is 23.0 Å². The molecule has 2 rings (SSSR count). The fourth-order valence-electron chi connectivity index (χ4n) is 1.57. The molecule has 0 spiro atoms. The van der Waals surface area contributed by atoms with Crippen LogP contribution in [0.25, 0.3) is 0 Å². The molecule has 0 N–H and O–H groups in total. The zero-order chi connectivity index (χ0) is 12.3. The van der Waals surface area contributed by atoms with Crippen LogP contribution < -0.4 is 0 Å². The minimum absolute atomic E-state index is 0.351. The molecule has 1 heterocycles. The van der Waals surface area contributed by atoms with Crippen molar-refractivity contribution in [2.75, 3.05) is 5.75 Å². The fraction of sp³-hybridized carbons (Fsp3) is 0.250. The molecule has 0 fully saturated rings. The summed E-state index contributed by atoms with van der Waals surface area (Å²) in [7, 11) is 0.680. The summed E-state index contributed by atoms with van der Waals surface area (Å²) < 4.78 is 26.6. The summed E-state index contributed by atoms with van der Waals surface area (Å²) >= 11 is 0. The highest BCUT2D eigenvalue weighted by Gasteiger charge is 2.06. The van der Waals surface area contributed by atoms with Crippen molar-refractivity contribution in [1.29, 1.82) is 0 Å². The summed E-state index contributed by atoms with van der Waals surface area (Å²) in [5.41, 5.74) is 1.02. The maximum atomic E-state index is 13.0. The van der Waals surface area contributed by atoms with Gasteiger partial charge < -0.3 is 0 Å². The fourth-order valence-corrected chi connectivity index (χ4v) is 2.67. The third-order valence-corrected chi connectivity index (χ3v) is 3.88. The lowest BCUT2D eigenvalue weighted by Crippen LogP contribution is -2.06. The maximum absolute atomic E-state index is 13.0. The van der Waals surface area contributed by atoms with Gasteiger partial charge in [0.15, 0.2) is 0 Å². The van der Waals surface area contributed by atoms with Crippen LogP contribution in [-0.4, -0.2) is 19.7 Å². The van der Waals surface area contributed by atoms with E-state index >= 15 is 0 Å². The second-order valence-electron chi connectivity index (χ2n) is 3.70. The number of hydrogen-bond acceptors (Lipinski definition) is 2. The zero-order valence-corrected chi connectivity index (χ0v) is 10.3. The van der Waals surface area contributed by atoms with Crippen molar-refractivity contribution in [2.45, 2.75) is 11.3 Å². The Kier molecular flexibility index (Phi) is 3.68. The Morgan fingerprint density at radius 1 is 1.41 bits per heavy atom. The number of benzene rings is 1. The van der Waals surface area contributed by atoms with E-state index in [1.165, 1.54) is 12.1 Å². The van der Waals surface area contributed by atoms with Gasteiger partial charge in [0.25, 0.3) is 0 Å². The van der Waals surface area contributed by atoms with Gasteiger partial charge in [0.2, 0.25) is 0 Å². The molecule has 5 heteroatoms. The SMILES string of the molecule is Cn1nccc1CCS(=O)c1cccc(F)c1. The highest BCUT2D eigenvalue weighted by Crippen LogP contribution is 2.10. The number of nitrogens with zero attached hydrogens (tertiary/aromatic N) is 2. The van der Waals surface area contributed by atoms with E-state index in [2.05, 4.69) is 5.10 Å². The topological polar surface area (TPSA) is 34.9 Å². The number of hydrogen-bond donors (Lipinski definition) is 0. The summed E-state index contributed by atoms with van der Waals surface area (Å²) in [5, 5.41) is 4.04. The van der Waals surface area contributed by atoms with Crippen LogP contribution in [0.3, 0.4) is 0 Å². The summed E-state index contributed by atoms with van der Waals surface area (Å²) in [6.45, 7) is 0. The Labute approximate surface area is 102 Å². The molecule has 1 aromatic heterocycles. The molecule has 0 radical (unpaired) electrons. The summed E-state index contributed by atoms with van der Waals surface area (Å²) in [4.78, 5) is 0.534. The molecule has 3 nitrogen and oxygen atoms in total. The standard InChI is InChI=1S/C12H13FN2OS/c1-15-11(5-7-14-15)6-8-17(16)12-4-2-3-10(13)9-12/h2-5,7,9H,6,8H2,1H3. The number of halogens is 1. The van der Waals surface area contributed by atoms with Crippen molar-refractivity contribution in [3.05, 3.63) is 48.0 Å². The van der Waals surface area contributed by atoms with Crippen LogP contribution in [0.1, 0.15) is 5.69 Å². The van der Waals surface area contributed by atoms with Crippen molar-refractivity contribution < 1.29 is 8.60 Å². The second-order valence-corrected chi connectivity index (χ2v) is 5.27. The molecule has 1 aromatic carbocycles. The predicted octanol–water partition coefficient (Wildman–Crippen LogP) is 1.91. The Morgan fingerprint density at radius 3 is 2.88 bits per heavy atom. The van der Waals surface area contributed by atoms with E-state index in [9.17, 15) is 8.60 Å². The van der Waals surface area contributed by atoms with Gasteiger partial charge in [0, 0.05) is 36.0 Å². The normalized spacial score (nSPS) is 12.6. The first-order chi connectivity index (χ1) is 8.16. The quantitative estimate of drug-likeness (QED) is 0.833. The average Bonchev–Trinajstić information content (AvgIpc) is 2.72. The van der Waals surface area contributed by atoms with Crippen LogP contribution in [0, 0.1) is 5.82 Å². The molecular formula is C12H13FN2OS. The zero-order valence-electron chi connectivity index (χ0n) is 9.47. The van der Waals surface area contributed by atoms with Gasteiger partial charge in [0.05, 0.1) is 10.8 Å². The Hall–Kier alpha value is -1.49. The summed E-state index contributed by atoms with van der Waals surface area (Å²) in [5.74, 6) is 0.125. The highest BCUT2D eigenvalue weighted by atomic mass is 32.2. The summed E-state index contributed by atoms with van der Waals surface area (Å²) in [6.07, 6.45) is 2.38. The van der Waals surface area contributed by atoms with Crippen LogP contribution in [0.5, 0.6) is 0 Å². The average molecular weight is 252 g/mol. The van der Waals surface area contributed by atoms with E-state index in [0.717, 1.165) is 5.69 Å². The Balaban J connectivity index is 2.01. The summed E-state index contributed by atoms with van der Waals surface area (Å²) in [6, 6.07) is 7.82. The molecule has 0 saturated carbocycles. The van der Waals surface area contributed by atoms with Gasteiger partial charge in [-0.1, -0.05) is 6.07 Å². The maximum Gasteiger partial charge on any atom is 0.124 e. The van der Waals surface area contributed by atoms with Crippen LogP contribution in [0.2, 0.25) is 0 Å². The minimum atomic E-state index is -1.17. The first-order valence-electron chi connectivity index (χ1n) is 5.27.